The van der Waals surface area contributed by atoms with Gasteiger partial charge < -0.3 is 4.74 Å². The first-order chi connectivity index (χ1) is 20.6. The lowest BCUT2D eigenvalue weighted by molar-refractivity contribution is -0.189. The molecule has 0 aliphatic carbocycles. The highest BCUT2D eigenvalue weighted by Gasteiger charge is 2.41. The molecule has 44 heavy (non-hydrogen) atoms. The van der Waals surface area contributed by atoms with E-state index < -0.39 is 69.0 Å². The van der Waals surface area contributed by atoms with Crippen LogP contribution in [-0.4, -0.2) is 6.18 Å². The fourth-order valence-corrected chi connectivity index (χ4v) is 4.50. The third kappa shape index (κ3) is 6.20. The summed E-state index contributed by atoms with van der Waals surface area (Å²) in [5.74, 6) is -6.08. The molecule has 224 valence electrons. The average Bonchev–Trinajstić information content (AvgIpc) is 2.91. The minimum Gasteiger partial charge on any atom is -0.429 e. The van der Waals surface area contributed by atoms with E-state index in [-0.39, 0.29) is 11.1 Å². The molecule has 0 bridgehead atoms. The number of rotatable bonds is 5. The molecule has 11 heteroatoms. The van der Waals surface area contributed by atoms with Gasteiger partial charge in [-0.1, -0.05) is 47.9 Å². The first kappa shape index (κ1) is 30.5. The molecule has 0 spiro atoms. The van der Waals surface area contributed by atoms with Gasteiger partial charge in [-0.25, -0.2) is 22.0 Å². The van der Waals surface area contributed by atoms with Crippen molar-refractivity contribution in [2.45, 2.75) is 19.2 Å². The van der Waals surface area contributed by atoms with Crippen molar-refractivity contribution in [2.24, 2.45) is 0 Å². The van der Waals surface area contributed by atoms with Crippen molar-refractivity contribution in [1.82, 2.24) is 0 Å². The van der Waals surface area contributed by atoms with Crippen molar-refractivity contribution >= 4 is 10.8 Å². The van der Waals surface area contributed by atoms with E-state index in [9.17, 15) is 35.1 Å². The minimum absolute atomic E-state index is 0.257. The SMILES string of the molecule is Cc1ccc(-c2ccc(-c3cc(F)c(C(F)(F)Oc4ccc5c(F)c(C#CC(F)(F)F)c(F)cc5c4)c(F)c3)c(F)c2)cc1. The molecular weight excluding hydrogens is 602 g/mol. The number of alkyl halides is 5. The Labute approximate surface area is 243 Å². The average molecular weight is 618 g/mol. The molecule has 0 amide bonds. The summed E-state index contributed by atoms with van der Waals surface area (Å²) in [4.78, 5) is 0. The summed E-state index contributed by atoms with van der Waals surface area (Å²) in [7, 11) is 0. The summed E-state index contributed by atoms with van der Waals surface area (Å²) in [5.41, 5.74) is -1.49. The largest absolute Gasteiger partial charge is 0.458 e. The Balaban J connectivity index is 1.44. The lowest BCUT2D eigenvalue weighted by Gasteiger charge is -2.20. The van der Waals surface area contributed by atoms with Gasteiger partial charge in [-0.05, 0) is 71.5 Å². The molecule has 5 aromatic carbocycles. The van der Waals surface area contributed by atoms with E-state index in [1.165, 1.54) is 18.1 Å². The molecule has 0 radical (unpaired) electrons. The zero-order chi connectivity index (χ0) is 32.0. The number of hydrogen-bond donors (Lipinski definition) is 0. The van der Waals surface area contributed by atoms with Gasteiger partial charge >= 0.3 is 12.3 Å². The highest BCUT2D eigenvalue weighted by molar-refractivity contribution is 5.86. The van der Waals surface area contributed by atoms with Gasteiger partial charge in [-0.3, -0.25) is 0 Å². The summed E-state index contributed by atoms with van der Waals surface area (Å²) < 4.78 is 145. The molecule has 0 aliphatic rings. The summed E-state index contributed by atoms with van der Waals surface area (Å²) in [6, 6.07) is 14.8. The zero-order valence-electron chi connectivity index (χ0n) is 22.2. The van der Waals surface area contributed by atoms with Crippen LogP contribution in [0.2, 0.25) is 0 Å². The topological polar surface area (TPSA) is 9.23 Å². The van der Waals surface area contributed by atoms with Crippen molar-refractivity contribution in [1.29, 1.82) is 0 Å². The van der Waals surface area contributed by atoms with Crippen LogP contribution in [0.15, 0.2) is 78.9 Å². The first-order valence-corrected chi connectivity index (χ1v) is 12.6. The fourth-order valence-electron chi connectivity index (χ4n) is 4.50. The maximum atomic E-state index is 15.0. The Morgan fingerprint density at radius 2 is 1.23 bits per heavy atom. The summed E-state index contributed by atoms with van der Waals surface area (Å²) in [6.07, 6.45) is -9.69. The van der Waals surface area contributed by atoms with Crippen molar-refractivity contribution in [3.63, 3.8) is 0 Å². The van der Waals surface area contributed by atoms with Gasteiger partial charge in [0, 0.05) is 16.9 Å². The number of hydrogen-bond acceptors (Lipinski definition) is 1. The van der Waals surface area contributed by atoms with Crippen molar-refractivity contribution in [3.05, 3.63) is 125 Å². The van der Waals surface area contributed by atoms with Gasteiger partial charge in [0.15, 0.2) is 0 Å². The standard InChI is InChI=1S/C33H16F10O/c1-17-2-4-18(5-3-17)19-6-8-23(26(34)13-19)21-15-28(36)30(29(37)16-21)33(42,43)44-22-7-9-24-20(12-22)14-27(35)25(31(24)38)10-11-32(39,40)41/h2-9,12-16H,1H3. The van der Waals surface area contributed by atoms with Gasteiger partial charge in [0.25, 0.3) is 0 Å². The normalized spacial score (nSPS) is 11.8. The van der Waals surface area contributed by atoms with Crippen LogP contribution in [0.4, 0.5) is 43.9 Å². The number of fused-ring (bicyclic) bond motifs is 1. The Morgan fingerprint density at radius 1 is 0.614 bits per heavy atom. The summed E-state index contributed by atoms with van der Waals surface area (Å²) in [5, 5.41) is -0.891. The van der Waals surface area contributed by atoms with Gasteiger partial charge in [0.2, 0.25) is 0 Å². The molecule has 0 N–H and O–H groups in total. The molecule has 0 aliphatic heterocycles. The highest BCUT2D eigenvalue weighted by atomic mass is 19.4. The number of halogens is 10. The number of benzene rings is 5. The van der Waals surface area contributed by atoms with Crippen LogP contribution in [0.1, 0.15) is 16.7 Å². The van der Waals surface area contributed by atoms with E-state index >= 15 is 8.78 Å². The Hall–Kier alpha value is -4.98. The predicted molar refractivity (Wildman–Crippen MR) is 143 cm³/mol. The second kappa shape index (κ2) is 11.3. The van der Waals surface area contributed by atoms with Crippen LogP contribution in [0, 0.1) is 47.9 Å². The number of aryl methyl sites for hydroxylation is 1. The smallest absolute Gasteiger partial charge is 0.429 e. The minimum atomic E-state index is -5.03. The molecule has 5 rings (SSSR count). The summed E-state index contributed by atoms with van der Waals surface area (Å²) in [6.45, 7) is 1.87. The third-order valence-corrected chi connectivity index (χ3v) is 6.57. The molecule has 1 nitrogen and oxygen atoms in total. The van der Waals surface area contributed by atoms with Crippen LogP contribution in [0.25, 0.3) is 33.0 Å². The van der Waals surface area contributed by atoms with E-state index in [2.05, 4.69) is 4.74 Å². The van der Waals surface area contributed by atoms with Crippen LogP contribution < -0.4 is 4.74 Å². The third-order valence-electron chi connectivity index (χ3n) is 6.57. The van der Waals surface area contributed by atoms with Gasteiger partial charge in [-0.15, -0.1) is 0 Å². The maximum absolute atomic E-state index is 15.0. The Kier molecular flexibility index (Phi) is 7.80. The zero-order valence-corrected chi connectivity index (χ0v) is 22.2. The van der Waals surface area contributed by atoms with Crippen LogP contribution in [0.5, 0.6) is 5.75 Å². The Morgan fingerprint density at radius 3 is 1.84 bits per heavy atom. The fraction of sp³-hybridized carbons (Fsp3) is 0.0909. The second-order valence-electron chi connectivity index (χ2n) is 9.67. The molecule has 0 fully saturated rings. The van der Waals surface area contributed by atoms with Crippen LogP contribution >= 0.6 is 0 Å². The molecule has 0 saturated heterocycles. The first-order valence-electron chi connectivity index (χ1n) is 12.6. The van der Waals surface area contributed by atoms with E-state index in [0.29, 0.717) is 35.4 Å². The lowest BCUT2D eigenvalue weighted by Crippen LogP contribution is -2.25. The molecule has 0 heterocycles. The second-order valence-corrected chi connectivity index (χ2v) is 9.67. The van der Waals surface area contributed by atoms with Crippen molar-refractivity contribution in [3.8, 4) is 39.8 Å². The predicted octanol–water partition coefficient (Wildman–Crippen LogP) is 10.2. The lowest BCUT2D eigenvalue weighted by atomic mass is 9.98. The maximum Gasteiger partial charge on any atom is 0.458 e. The van der Waals surface area contributed by atoms with Crippen LogP contribution in [0.3, 0.4) is 0 Å². The molecule has 0 aromatic heterocycles. The van der Waals surface area contributed by atoms with E-state index in [1.807, 2.05) is 19.1 Å². The Bertz CT molecular complexity index is 1940. The molecular formula is C33H16F10O. The quantitative estimate of drug-likeness (QED) is 0.141. The van der Waals surface area contributed by atoms with E-state index in [0.717, 1.165) is 29.7 Å². The number of ether oxygens (including phenoxy) is 1. The van der Waals surface area contributed by atoms with Crippen molar-refractivity contribution < 1.29 is 48.6 Å². The molecule has 0 unspecified atom stereocenters. The highest BCUT2D eigenvalue weighted by Crippen LogP contribution is 2.39. The molecule has 0 atom stereocenters. The van der Waals surface area contributed by atoms with Crippen LogP contribution in [-0.2, 0) is 6.11 Å². The van der Waals surface area contributed by atoms with Gasteiger partial charge in [-0.2, -0.15) is 22.0 Å². The van der Waals surface area contributed by atoms with E-state index in [4.69, 9.17) is 0 Å². The molecule has 5 aromatic rings. The molecule has 0 saturated carbocycles. The van der Waals surface area contributed by atoms with Gasteiger partial charge in [0.05, 0.1) is 5.56 Å². The van der Waals surface area contributed by atoms with Gasteiger partial charge in [0.1, 0.15) is 40.4 Å². The van der Waals surface area contributed by atoms with Crippen molar-refractivity contribution in [2.75, 3.05) is 0 Å². The summed E-state index contributed by atoms with van der Waals surface area (Å²) >= 11 is 0. The monoisotopic (exact) mass is 618 g/mol. The van der Waals surface area contributed by atoms with E-state index in [1.54, 1.807) is 12.1 Å².